The number of nitrogens with one attached hydrogen (secondary N) is 1. The maximum atomic E-state index is 13.3. The lowest BCUT2D eigenvalue weighted by Crippen LogP contribution is -2.30. The molecule has 2 N–H and O–H groups in total. The van der Waals surface area contributed by atoms with E-state index in [-0.39, 0.29) is 12.2 Å². The zero-order valence-electron chi connectivity index (χ0n) is 12.5. The Bertz CT molecular complexity index is 702. The Labute approximate surface area is 136 Å². The fraction of sp³-hybridized carbons (Fsp3) is 0.176. The second-order valence-electron chi connectivity index (χ2n) is 5.06. The first-order chi connectivity index (χ1) is 11.4. The molecule has 0 bridgehead atoms. The van der Waals surface area contributed by atoms with Gasteiger partial charge in [0.25, 0.3) is 0 Å². The SMILES string of the molecule is O=C(O)C[C@H](NC(=O)OCc1ccccc1)c1cc(F)cc(F)c1. The maximum absolute atomic E-state index is 13.3. The predicted molar refractivity (Wildman–Crippen MR) is 81.1 cm³/mol. The Kier molecular flexibility index (Phi) is 5.83. The van der Waals surface area contributed by atoms with Gasteiger partial charge in [0.1, 0.15) is 18.2 Å². The molecule has 0 aliphatic heterocycles. The number of carbonyl (C=O) groups excluding carboxylic acids is 1. The minimum atomic E-state index is -1.23. The monoisotopic (exact) mass is 335 g/mol. The van der Waals surface area contributed by atoms with E-state index in [0.29, 0.717) is 6.07 Å². The predicted octanol–water partition coefficient (Wildman–Crippen LogP) is 3.41. The summed E-state index contributed by atoms with van der Waals surface area (Å²) in [7, 11) is 0. The van der Waals surface area contributed by atoms with Crippen LogP contribution in [0.1, 0.15) is 23.6 Å². The molecule has 126 valence electrons. The quantitative estimate of drug-likeness (QED) is 0.848. The summed E-state index contributed by atoms with van der Waals surface area (Å²) in [4.78, 5) is 22.8. The van der Waals surface area contributed by atoms with E-state index in [9.17, 15) is 18.4 Å². The standard InChI is InChI=1S/C17H15F2NO4/c18-13-6-12(7-14(19)8-13)15(9-16(21)22)20-17(23)24-10-11-4-2-1-3-5-11/h1-8,15H,9-10H2,(H,20,23)(H,21,22)/t15-/m0/s1. The van der Waals surface area contributed by atoms with E-state index in [1.807, 2.05) is 6.07 Å². The van der Waals surface area contributed by atoms with Crippen molar-refractivity contribution < 1.29 is 28.2 Å². The summed E-state index contributed by atoms with van der Waals surface area (Å²) < 4.78 is 31.6. The second kappa shape index (κ2) is 8.05. The van der Waals surface area contributed by atoms with Crippen LogP contribution in [0.15, 0.2) is 48.5 Å². The molecule has 0 saturated heterocycles. The van der Waals surface area contributed by atoms with Crippen LogP contribution in [0, 0.1) is 11.6 Å². The Morgan fingerprint density at radius 1 is 1.08 bits per heavy atom. The average Bonchev–Trinajstić information content (AvgIpc) is 2.52. The molecule has 24 heavy (non-hydrogen) atoms. The van der Waals surface area contributed by atoms with Crippen molar-refractivity contribution in [2.24, 2.45) is 0 Å². The van der Waals surface area contributed by atoms with Crippen LogP contribution in [0.25, 0.3) is 0 Å². The molecule has 0 unspecified atom stereocenters. The molecule has 0 radical (unpaired) electrons. The van der Waals surface area contributed by atoms with Gasteiger partial charge in [-0.25, -0.2) is 13.6 Å². The van der Waals surface area contributed by atoms with Crippen molar-refractivity contribution in [1.29, 1.82) is 0 Å². The summed E-state index contributed by atoms with van der Waals surface area (Å²) in [5, 5.41) is 11.2. The lowest BCUT2D eigenvalue weighted by Gasteiger charge is -2.17. The molecular formula is C17H15F2NO4. The molecule has 7 heteroatoms. The van der Waals surface area contributed by atoms with Crippen LogP contribution in [-0.2, 0) is 16.1 Å². The van der Waals surface area contributed by atoms with Gasteiger partial charge in [-0.1, -0.05) is 30.3 Å². The van der Waals surface area contributed by atoms with Gasteiger partial charge in [-0.3, -0.25) is 4.79 Å². The number of benzene rings is 2. The minimum Gasteiger partial charge on any atom is -0.481 e. The van der Waals surface area contributed by atoms with E-state index < -0.39 is 36.2 Å². The highest BCUT2D eigenvalue weighted by atomic mass is 19.1. The Morgan fingerprint density at radius 3 is 2.29 bits per heavy atom. The van der Waals surface area contributed by atoms with Crippen molar-refractivity contribution >= 4 is 12.1 Å². The number of rotatable bonds is 6. The van der Waals surface area contributed by atoms with E-state index in [1.165, 1.54) is 0 Å². The third kappa shape index (κ3) is 5.35. The van der Waals surface area contributed by atoms with Gasteiger partial charge >= 0.3 is 12.1 Å². The number of carbonyl (C=O) groups is 2. The van der Waals surface area contributed by atoms with Gasteiger partial charge in [0.05, 0.1) is 12.5 Å². The number of hydrogen-bond donors (Lipinski definition) is 2. The zero-order valence-corrected chi connectivity index (χ0v) is 12.5. The lowest BCUT2D eigenvalue weighted by atomic mass is 10.0. The number of halogens is 2. The van der Waals surface area contributed by atoms with Gasteiger partial charge in [-0.2, -0.15) is 0 Å². The number of alkyl carbamates (subject to hydrolysis) is 1. The number of aliphatic carboxylic acids is 1. The van der Waals surface area contributed by atoms with Crippen LogP contribution < -0.4 is 5.32 Å². The van der Waals surface area contributed by atoms with Gasteiger partial charge in [0.2, 0.25) is 0 Å². The van der Waals surface area contributed by atoms with E-state index in [0.717, 1.165) is 17.7 Å². The molecule has 0 heterocycles. The first kappa shape index (κ1) is 17.4. The second-order valence-corrected chi connectivity index (χ2v) is 5.06. The third-order valence-corrected chi connectivity index (χ3v) is 3.17. The van der Waals surface area contributed by atoms with Crippen molar-refractivity contribution in [3.63, 3.8) is 0 Å². The molecule has 2 aromatic rings. The summed E-state index contributed by atoms with van der Waals surface area (Å²) in [5.74, 6) is -2.95. The molecule has 1 atom stereocenters. The topological polar surface area (TPSA) is 75.6 Å². The fourth-order valence-corrected chi connectivity index (χ4v) is 2.11. The van der Waals surface area contributed by atoms with Crippen LogP contribution >= 0.6 is 0 Å². The Balaban J connectivity index is 2.05. The maximum Gasteiger partial charge on any atom is 0.407 e. The molecule has 0 aliphatic rings. The molecule has 0 saturated carbocycles. The molecule has 0 spiro atoms. The van der Waals surface area contributed by atoms with Crippen molar-refractivity contribution in [2.75, 3.05) is 0 Å². The zero-order chi connectivity index (χ0) is 17.5. The normalized spacial score (nSPS) is 11.6. The Morgan fingerprint density at radius 2 is 1.71 bits per heavy atom. The van der Waals surface area contributed by atoms with Crippen LogP contribution in [0.2, 0.25) is 0 Å². The highest BCUT2D eigenvalue weighted by Gasteiger charge is 2.20. The van der Waals surface area contributed by atoms with Crippen LogP contribution in [0.3, 0.4) is 0 Å². The van der Waals surface area contributed by atoms with Crippen LogP contribution in [-0.4, -0.2) is 17.2 Å². The minimum absolute atomic E-state index is 0.00608. The lowest BCUT2D eigenvalue weighted by molar-refractivity contribution is -0.137. The average molecular weight is 335 g/mol. The van der Waals surface area contributed by atoms with Crippen molar-refractivity contribution in [2.45, 2.75) is 19.1 Å². The van der Waals surface area contributed by atoms with Gasteiger partial charge in [0.15, 0.2) is 0 Å². The smallest absolute Gasteiger partial charge is 0.407 e. The van der Waals surface area contributed by atoms with Gasteiger partial charge in [0, 0.05) is 6.07 Å². The van der Waals surface area contributed by atoms with Crippen LogP contribution in [0.5, 0.6) is 0 Å². The van der Waals surface area contributed by atoms with E-state index in [2.05, 4.69) is 5.32 Å². The molecule has 1 amide bonds. The molecular weight excluding hydrogens is 320 g/mol. The van der Waals surface area contributed by atoms with Gasteiger partial charge in [-0.05, 0) is 23.3 Å². The fourth-order valence-electron chi connectivity index (χ4n) is 2.11. The highest BCUT2D eigenvalue weighted by molar-refractivity contribution is 5.72. The summed E-state index contributed by atoms with van der Waals surface area (Å²) in [6.07, 6.45) is -1.42. The van der Waals surface area contributed by atoms with E-state index in [1.54, 1.807) is 24.3 Å². The van der Waals surface area contributed by atoms with E-state index >= 15 is 0 Å². The molecule has 0 aromatic heterocycles. The van der Waals surface area contributed by atoms with Crippen molar-refractivity contribution in [1.82, 2.24) is 5.32 Å². The summed E-state index contributed by atoms with van der Waals surface area (Å²) >= 11 is 0. The molecule has 0 aliphatic carbocycles. The molecule has 2 rings (SSSR count). The molecule has 5 nitrogen and oxygen atoms in total. The number of carboxylic acids is 1. The Hall–Kier alpha value is -2.96. The first-order valence-electron chi connectivity index (χ1n) is 7.09. The van der Waals surface area contributed by atoms with Crippen molar-refractivity contribution in [3.05, 3.63) is 71.3 Å². The van der Waals surface area contributed by atoms with Crippen LogP contribution in [0.4, 0.5) is 13.6 Å². The van der Waals surface area contributed by atoms with Gasteiger partial charge in [-0.15, -0.1) is 0 Å². The summed E-state index contributed by atoms with van der Waals surface area (Å²) in [5.41, 5.74) is 0.755. The number of hydrogen-bond acceptors (Lipinski definition) is 3. The highest BCUT2D eigenvalue weighted by Crippen LogP contribution is 2.20. The first-order valence-corrected chi connectivity index (χ1v) is 7.09. The molecule has 0 fully saturated rings. The van der Waals surface area contributed by atoms with Gasteiger partial charge < -0.3 is 15.2 Å². The number of amides is 1. The number of ether oxygens (including phenoxy) is 1. The largest absolute Gasteiger partial charge is 0.481 e. The summed E-state index contributed by atoms with van der Waals surface area (Å²) in [6.45, 7) is -0.00994. The van der Waals surface area contributed by atoms with Crippen molar-refractivity contribution in [3.8, 4) is 0 Å². The number of carboxylic acid groups (broad SMARTS) is 1. The third-order valence-electron chi connectivity index (χ3n) is 3.17. The van der Waals surface area contributed by atoms with E-state index in [4.69, 9.17) is 9.84 Å². The summed E-state index contributed by atoms with van der Waals surface area (Å²) in [6, 6.07) is 10.4. The molecule has 2 aromatic carbocycles.